The largest absolute Gasteiger partial charge is 0.493 e. The molecule has 0 bridgehead atoms. The van der Waals surface area contributed by atoms with E-state index in [-0.39, 0.29) is 35.7 Å². The fourth-order valence-electron chi connectivity index (χ4n) is 3.75. The molecule has 0 saturated carbocycles. The van der Waals surface area contributed by atoms with Crippen molar-refractivity contribution in [3.63, 3.8) is 0 Å². The average Bonchev–Trinajstić information content (AvgIpc) is 3.09. The summed E-state index contributed by atoms with van der Waals surface area (Å²) in [5.41, 5.74) is 7.29. The Labute approximate surface area is 167 Å². The molecule has 2 saturated heterocycles. The van der Waals surface area contributed by atoms with Crippen LogP contribution in [0.1, 0.15) is 25.8 Å². The van der Waals surface area contributed by atoms with Crippen molar-refractivity contribution in [1.29, 1.82) is 0 Å². The highest BCUT2D eigenvalue weighted by Gasteiger charge is 2.41. The number of carbonyl (C=O) groups excluding carboxylic acids is 1. The molecule has 2 aliphatic heterocycles. The smallest absolute Gasteiger partial charge is 0.238 e. The standard InChI is InChI=1S/C19H30N4O3.ClH/c1-19(2,12-5-6-15(25-3)16(9-12)26-4)11-21-18(24)17-13-10-20-8-7-14(13)22-23-17;/h5-6,9,13-14,17,20,22-23H,7-8,10-11H2,1-4H3,(H,21,24);1H. The maximum Gasteiger partial charge on any atom is 0.238 e. The van der Waals surface area contributed by atoms with Gasteiger partial charge in [0.15, 0.2) is 11.5 Å². The van der Waals surface area contributed by atoms with Crippen molar-refractivity contribution >= 4 is 18.3 Å². The van der Waals surface area contributed by atoms with Gasteiger partial charge in [0.2, 0.25) is 5.91 Å². The van der Waals surface area contributed by atoms with Crippen LogP contribution in [-0.2, 0) is 10.2 Å². The van der Waals surface area contributed by atoms with Gasteiger partial charge in [0.25, 0.3) is 0 Å². The zero-order chi connectivity index (χ0) is 18.7. The summed E-state index contributed by atoms with van der Waals surface area (Å²) >= 11 is 0. The number of methoxy groups -OCH3 is 2. The van der Waals surface area contributed by atoms with Gasteiger partial charge in [-0.1, -0.05) is 19.9 Å². The predicted molar refractivity (Wildman–Crippen MR) is 108 cm³/mol. The van der Waals surface area contributed by atoms with E-state index < -0.39 is 0 Å². The third-order valence-electron chi connectivity index (χ3n) is 5.53. The summed E-state index contributed by atoms with van der Waals surface area (Å²) < 4.78 is 10.7. The van der Waals surface area contributed by atoms with Crippen molar-refractivity contribution in [2.75, 3.05) is 33.9 Å². The normalized spacial score (nSPS) is 24.5. The summed E-state index contributed by atoms with van der Waals surface area (Å²) in [5, 5.41) is 6.50. The number of hydrogen-bond donors (Lipinski definition) is 4. The molecule has 3 unspecified atom stereocenters. The van der Waals surface area contributed by atoms with Crippen LogP contribution < -0.4 is 31.0 Å². The number of carbonyl (C=O) groups is 1. The van der Waals surface area contributed by atoms with Crippen LogP contribution in [0, 0.1) is 5.92 Å². The van der Waals surface area contributed by atoms with Crippen LogP contribution in [0.4, 0.5) is 0 Å². The number of hydrazine groups is 1. The summed E-state index contributed by atoms with van der Waals surface area (Å²) in [6.45, 7) is 6.63. The topological polar surface area (TPSA) is 83.7 Å². The first-order chi connectivity index (χ1) is 12.5. The van der Waals surface area contributed by atoms with Crippen LogP contribution in [0.2, 0.25) is 0 Å². The van der Waals surface area contributed by atoms with E-state index in [1.165, 1.54) is 0 Å². The fraction of sp³-hybridized carbons (Fsp3) is 0.632. The lowest BCUT2D eigenvalue weighted by molar-refractivity contribution is -0.124. The van der Waals surface area contributed by atoms with Crippen molar-refractivity contribution in [3.05, 3.63) is 23.8 Å². The molecule has 2 aliphatic rings. The Hall–Kier alpha value is -1.54. The molecule has 8 heteroatoms. The van der Waals surface area contributed by atoms with Crippen LogP contribution in [0.3, 0.4) is 0 Å². The molecule has 1 aromatic carbocycles. The lowest BCUT2D eigenvalue weighted by atomic mass is 9.84. The monoisotopic (exact) mass is 398 g/mol. The van der Waals surface area contributed by atoms with Gasteiger partial charge in [-0.3, -0.25) is 10.2 Å². The Morgan fingerprint density at radius 1 is 1.22 bits per heavy atom. The minimum atomic E-state index is -0.231. The van der Waals surface area contributed by atoms with E-state index in [9.17, 15) is 4.79 Å². The molecule has 0 radical (unpaired) electrons. The Kier molecular flexibility index (Phi) is 7.33. The van der Waals surface area contributed by atoms with E-state index in [0.29, 0.717) is 24.1 Å². The van der Waals surface area contributed by atoms with Crippen LogP contribution in [-0.4, -0.2) is 51.8 Å². The molecule has 0 aromatic heterocycles. The van der Waals surface area contributed by atoms with Gasteiger partial charge in [0.05, 0.1) is 14.2 Å². The second-order valence-electron chi connectivity index (χ2n) is 7.70. The zero-order valence-corrected chi connectivity index (χ0v) is 17.2. The number of rotatable bonds is 6. The number of halogens is 1. The summed E-state index contributed by atoms with van der Waals surface area (Å²) in [6, 6.07) is 6.06. The van der Waals surface area contributed by atoms with E-state index in [2.05, 4.69) is 35.3 Å². The highest BCUT2D eigenvalue weighted by molar-refractivity contribution is 5.85. The molecule has 3 atom stereocenters. The minimum absolute atomic E-state index is 0. The molecule has 27 heavy (non-hydrogen) atoms. The Balaban J connectivity index is 0.00000261. The van der Waals surface area contributed by atoms with Crippen molar-refractivity contribution in [2.45, 2.75) is 37.8 Å². The number of hydrogen-bond acceptors (Lipinski definition) is 6. The van der Waals surface area contributed by atoms with Gasteiger partial charge in [0, 0.05) is 30.5 Å². The molecule has 1 aromatic rings. The van der Waals surface area contributed by atoms with Gasteiger partial charge in [-0.2, -0.15) is 0 Å². The molecule has 4 N–H and O–H groups in total. The highest BCUT2D eigenvalue weighted by Crippen LogP contribution is 2.33. The zero-order valence-electron chi connectivity index (χ0n) is 16.4. The second kappa shape index (κ2) is 9.10. The number of piperidine rings is 1. The SMILES string of the molecule is COc1ccc(C(C)(C)CNC(=O)C2NNC3CCNCC32)cc1OC.Cl. The fourth-order valence-corrected chi connectivity index (χ4v) is 3.75. The van der Waals surface area contributed by atoms with Crippen molar-refractivity contribution in [1.82, 2.24) is 21.5 Å². The Morgan fingerprint density at radius 3 is 2.67 bits per heavy atom. The Morgan fingerprint density at radius 2 is 1.96 bits per heavy atom. The van der Waals surface area contributed by atoms with Crippen LogP contribution in [0.25, 0.3) is 0 Å². The first kappa shape index (κ1) is 21.8. The summed E-state index contributed by atoms with van der Waals surface area (Å²) in [4.78, 5) is 12.7. The van der Waals surface area contributed by atoms with E-state index in [0.717, 1.165) is 25.1 Å². The van der Waals surface area contributed by atoms with Gasteiger partial charge < -0.3 is 20.1 Å². The molecule has 0 spiro atoms. The molecule has 3 rings (SSSR count). The molecular weight excluding hydrogens is 368 g/mol. The number of amides is 1. The number of nitrogens with one attached hydrogen (secondary N) is 4. The lowest BCUT2D eigenvalue weighted by Crippen LogP contribution is -2.51. The molecule has 7 nitrogen and oxygen atoms in total. The van der Waals surface area contributed by atoms with E-state index in [1.54, 1.807) is 14.2 Å². The number of benzene rings is 1. The lowest BCUT2D eigenvalue weighted by Gasteiger charge is -2.29. The first-order valence-electron chi connectivity index (χ1n) is 9.18. The average molecular weight is 399 g/mol. The van der Waals surface area contributed by atoms with Crippen LogP contribution in [0.15, 0.2) is 18.2 Å². The van der Waals surface area contributed by atoms with Gasteiger partial charge in [-0.05, 0) is 30.7 Å². The Bertz CT molecular complexity index is 656. The maximum absolute atomic E-state index is 12.7. The van der Waals surface area contributed by atoms with E-state index in [4.69, 9.17) is 9.47 Å². The quantitative estimate of drug-likeness (QED) is 0.571. The van der Waals surface area contributed by atoms with E-state index >= 15 is 0 Å². The molecule has 152 valence electrons. The van der Waals surface area contributed by atoms with Gasteiger partial charge in [0.1, 0.15) is 6.04 Å². The van der Waals surface area contributed by atoms with Crippen LogP contribution >= 0.6 is 12.4 Å². The van der Waals surface area contributed by atoms with E-state index in [1.807, 2.05) is 18.2 Å². The number of fused-ring (bicyclic) bond motifs is 1. The molecular formula is C19H31ClN4O3. The number of ether oxygens (including phenoxy) is 2. The van der Waals surface area contributed by atoms with Crippen LogP contribution in [0.5, 0.6) is 11.5 Å². The third kappa shape index (κ3) is 4.66. The molecule has 2 fully saturated rings. The molecule has 2 heterocycles. The predicted octanol–water partition coefficient (Wildman–Crippen LogP) is 0.974. The van der Waals surface area contributed by atoms with Gasteiger partial charge in [-0.15, -0.1) is 12.4 Å². The highest BCUT2D eigenvalue weighted by atomic mass is 35.5. The van der Waals surface area contributed by atoms with Crippen molar-refractivity contribution < 1.29 is 14.3 Å². The summed E-state index contributed by atoms with van der Waals surface area (Å²) in [7, 11) is 3.25. The van der Waals surface area contributed by atoms with Gasteiger partial charge >= 0.3 is 0 Å². The third-order valence-corrected chi connectivity index (χ3v) is 5.53. The molecule has 1 amide bonds. The van der Waals surface area contributed by atoms with Crippen molar-refractivity contribution in [3.8, 4) is 11.5 Å². The van der Waals surface area contributed by atoms with Gasteiger partial charge in [-0.25, -0.2) is 5.43 Å². The minimum Gasteiger partial charge on any atom is -0.493 e. The summed E-state index contributed by atoms with van der Waals surface area (Å²) in [6.07, 6.45) is 1.04. The maximum atomic E-state index is 12.7. The molecule has 0 aliphatic carbocycles. The summed E-state index contributed by atoms with van der Waals surface area (Å²) in [5.74, 6) is 1.73. The first-order valence-corrected chi connectivity index (χ1v) is 9.18. The second-order valence-corrected chi connectivity index (χ2v) is 7.70. The van der Waals surface area contributed by atoms with Crippen molar-refractivity contribution in [2.24, 2.45) is 5.92 Å².